The number of benzene rings is 1. The van der Waals surface area contributed by atoms with Crippen LogP contribution >= 0.6 is 0 Å². The second kappa shape index (κ2) is 6.11. The predicted octanol–water partition coefficient (Wildman–Crippen LogP) is 6.21. The van der Waals surface area contributed by atoms with Gasteiger partial charge < -0.3 is 0 Å². The fourth-order valence-corrected chi connectivity index (χ4v) is 2.61. The van der Waals surface area contributed by atoms with E-state index in [0.717, 1.165) is 6.42 Å². The molecule has 0 N–H and O–H groups in total. The van der Waals surface area contributed by atoms with Gasteiger partial charge in [-0.05, 0) is 40.7 Å². The Hall–Kier alpha value is -0.780. The zero-order valence-electron chi connectivity index (χ0n) is 14.0. The molecule has 0 aromatic heterocycles. The molecule has 0 nitrogen and oxygen atoms in total. The van der Waals surface area contributed by atoms with Gasteiger partial charge in [0.05, 0.1) is 0 Å². The number of aryl methyl sites for hydroxylation is 1. The van der Waals surface area contributed by atoms with Gasteiger partial charge in [0.15, 0.2) is 0 Å². The summed E-state index contributed by atoms with van der Waals surface area (Å²) >= 11 is 0. The molecular weight excluding hydrogens is 228 g/mol. The van der Waals surface area contributed by atoms with Crippen LogP contribution in [0.4, 0.5) is 0 Å². The summed E-state index contributed by atoms with van der Waals surface area (Å²) in [6.07, 6.45) is 3.63. The van der Waals surface area contributed by atoms with Crippen molar-refractivity contribution in [1.29, 1.82) is 0 Å². The van der Waals surface area contributed by atoms with Crippen LogP contribution in [0.3, 0.4) is 0 Å². The topological polar surface area (TPSA) is 0 Å². The highest BCUT2D eigenvalue weighted by atomic mass is 14.4. The van der Waals surface area contributed by atoms with Crippen molar-refractivity contribution in [2.24, 2.45) is 10.8 Å². The van der Waals surface area contributed by atoms with E-state index in [9.17, 15) is 0 Å². The maximum absolute atomic E-state index is 2.39. The molecule has 0 saturated heterocycles. The maximum atomic E-state index is 2.39. The Bertz CT molecular complexity index is 375. The molecule has 19 heavy (non-hydrogen) atoms. The normalized spacial score (nSPS) is 14.5. The average molecular weight is 260 g/mol. The van der Waals surface area contributed by atoms with Crippen LogP contribution in [0.1, 0.15) is 78.4 Å². The Morgan fingerprint density at radius 1 is 0.895 bits per heavy atom. The molecular formula is C19H32. The van der Waals surface area contributed by atoms with E-state index in [0.29, 0.717) is 16.7 Å². The average Bonchev–Trinajstić information content (AvgIpc) is 2.35. The smallest absolute Gasteiger partial charge is 0.0108 e. The minimum Gasteiger partial charge on any atom is -0.0649 e. The van der Waals surface area contributed by atoms with Crippen LogP contribution in [0, 0.1) is 10.8 Å². The highest BCUT2D eigenvalue weighted by Gasteiger charge is 2.31. The Kier molecular flexibility index (Phi) is 5.24. The second-order valence-corrected chi connectivity index (χ2v) is 7.74. The van der Waals surface area contributed by atoms with Crippen molar-refractivity contribution in [3.8, 4) is 0 Å². The van der Waals surface area contributed by atoms with E-state index in [-0.39, 0.29) is 0 Å². The second-order valence-electron chi connectivity index (χ2n) is 7.74. The van der Waals surface area contributed by atoms with Crippen molar-refractivity contribution < 1.29 is 0 Å². The molecule has 1 rings (SSSR count). The van der Waals surface area contributed by atoms with Gasteiger partial charge in [0.2, 0.25) is 0 Å². The van der Waals surface area contributed by atoms with Gasteiger partial charge in [-0.15, -0.1) is 0 Å². The van der Waals surface area contributed by atoms with E-state index < -0.39 is 0 Å². The standard InChI is InChI=1S/C19H32/c1-8-15-10-12-16(13-11-15)17(18(3,4)5)14-19(6,7)9-2/h10-13,17H,8-9,14H2,1-7H3. The van der Waals surface area contributed by atoms with Gasteiger partial charge >= 0.3 is 0 Å². The van der Waals surface area contributed by atoms with Gasteiger partial charge in [-0.3, -0.25) is 0 Å². The van der Waals surface area contributed by atoms with Gasteiger partial charge in [-0.25, -0.2) is 0 Å². The molecule has 0 aliphatic heterocycles. The summed E-state index contributed by atoms with van der Waals surface area (Å²) in [6.45, 7) is 16.4. The first-order valence-corrected chi connectivity index (χ1v) is 7.78. The first kappa shape index (κ1) is 16.3. The lowest BCUT2D eigenvalue weighted by Gasteiger charge is -2.37. The van der Waals surface area contributed by atoms with E-state index in [4.69, 9.17) is 0 Å². The fraction of sp³-hybridized carbons (Fsp3) is 0.684. The third-order valence-corrected chi connectivity index (χ3v) is 4.55. The van der Waals surface area contributed by atoms with Crippen LogP contribution in [0.5, 0.6) is 0 Å². The molecule has 108 valence electrons. The zero-order valence-corrected chi connectivity index (χ0v) is 14.0. The Balaban J connectivity index is 3.03. The van der Waals surface area contributed by atoms with Gasteiger partial charge in [-0.2, -0.15) is 0 Å². The molecule has 0 aliphatic rings. The molecule has 1 atom stereocenters. The summed E-state index contributed by atoms with van der Waals surface area (Å²) in [5.74, 6) is 0.633. The third-order valence-electron chi connectivity index (χ3n) is 4.55. The summed E-state index contributed by atoms with van der Waals surface area (Å²) in [4.78, 5) is 0. The highest BCUT2D eigenvalue weighted by molar-refractivity contribution is 5.27. The molecule has 0 saturated carbocycles. The van der Waals surface area contributed by atoms with Crippen LogP contribution in [0.2, 0.25) is 0 Å². The Morgan fingerprint density at radius 2 is 1.42 bits per heavy atom. The Morgan fingerprint density at radius 3 is 1.79 bits per heavy atom. The molecule has 1 aromatic carbocycles. The van der Waals surface area contributed by atoms with E-state index in [2.05, 4.69) is 72.7 Å². The lowest BCUT2D eigenvalue weighted by molar-refractivity contribution is 0.209. The van der Waals surface area contributed by atoms with Crippen molar-refractivity contribution in [3.63, 3.8) is 0 Å². The maximum Gasteiger partial charge on any atom is -0.0108 e. The molecule has 0 heterocycles. The summed E-state index contributed by atoms with van der Waals surface area (Å²) < 4.78 is 0. The first-order chi connectivity index (χ1) is 8.69. The van der Waals surface area contributed by atoms with E-state index >= 15 is 0 Å². The lowest BCUT2D eigenvalue weighted by atomic mass is 9.68. The minimum atomic E-state index is 0.320. The van der Waals surface area contributed by atoms with Crippen molar-refractivity contribution in [1.82, 2.24) is 0 Å². The number of rotatable bonds is 5. The van der Waals surface area contributed by atoms with E-state index in [1.807, 2.05) is 0 Å². The monoisotopic (exact) mass is 260 g/mol. The summed E-state index contributed by atoms with van der Waals surface area (Å²) in [6, 6.07) is 9.29. The van der Waals surface area contributed by atoms with Crippen molar-refractivity contribution in [2.75, 3.05) is 0 Å². The fourth-order valence-electron chi connectivity index (χ4n) is 2.61. The SMILES string of the molecule is CCc1ccc(C(CC(C)(C)CC)C(C)(C)C)cc1. The number of hydrogen-bond acceptors (Lipinski definition) is 0. The van der Waals surface area contributed by atoms with Gasteiger partial charge in [0, 0.05) is 0 Å². The predicted molar refractivity (Wildman–Crippen MR) is 86.7 cm³/mol. The summed E-state index contributed by atoms with van der Waals surface area (Å²) in [5, 5.41) is 0. The van der Waals surface area contributed by atoms with Crippen molar-refractivity contribution >= 4 is 0 Å². The Labute approximate surface area is 120 Å². The van der Waals surface area contributed by atoms with Crippen LogP contribution in [0.25, 0.3) is 0 Å². The van der Waals surface area contributed by atoms with Crippen LogP contribution in [-0.2, 0) is 6.42 Å². The summed E-state index contributed by atoms with van der Waals surface area (Å²) in [7, 11) is 0. The molecule has 0 bridgehead atoms. The van der Waals surface area contributed by atoms with Gasteiger partial charge in [-0.1, -0.05) is 79.2 Å². The molecule has 0 amide bonds. The van der Waals surface area contributed by atoms with Crippen LogP contribution < -0.4 is 0 Å². The van der Waals surface area contributed by atoms with Crippen LogP contribution in [0.15, 0.2) is 24.3 Å². The van der Waals surface area contributed by atoms with Gasteiger partial charge in [0.1, 0.15) is 0 Å². The van der Waals surface area contributed by atoms with E-state index in [1.165, 1.54) is 24.0 Å². The minimum absolute atomic E-state index is 0.320. The summed E-state index contributed by atoms with van der Waals surface area (Å²) in [5.41, 5.74) is 3.68. The van der Waals surface area contributed by atoms with E-state index in [1.54, 1.807) is 0 Å². The highest BCUT2D eigenvalue weighted by Crippen LogP contribution is 2.44. The molecule has 0 aliphatic carbocycles. The third kappa shape index (κ3) is 4.67. The molecule has 0 fully saturated rings. The number of hydrogen-bond donors (Lipinski definition) is 0. The largest absolute Gasteiger partial charge is 0.0649 e. The quantitative estimate of drug-likeness (QED) is 0.591. The van der Waals surface area contributed by atoms with Crippen molar-refractivity contribution in [3.05, 3.63) is 35.4 Å². The first-order valence-electron chi connectivity index (χ1n) is 7.78. The van der Waals surface area contributed by atoms with Gasteiger partial charge in [0.25, 0.3) is 0 Å². The van der Waals surface area contributed by atoms with Crippen LogP contribution in [-0.4, -0.2) is 0 Å². The molecule has 0 spiro atoms. The molecule has 0 radical (unpaired) electrons. The molecule has 1 unspecified atom stereocenters. The lowest BCUT2D eigenvalue weighted by Crippen LogP contribution is -2.25. The van der Waals surface area contributed by atoms with Crippen molar-refractivity contribution in [2.45, 2.75) is 73.6 Å². The molecule has 1 aromatic rings. The zero-order chi connectivity index (χ0) is 14.7. The molecule has 0 heteroatoms.